The van der Waals surface area contributed by atoms with Gasteiger partial charge in [0.2, 0.25) is 5.91 Å². The fraction of sp³-hybridized carbons (Fsp3) is 0.417. The Labute approximate surface area is 180 Å². The minimum absolute atomic E-state index is 0.0302. The second-order valence-electron chi connectivity index (χ2n) is 8.69. The number of carbonyl (C=O) groups is 2. The van der Waals surface area contributed by atoms with Crippen molar-refractivity contribution in [3.8, 4) is 0 Å². The van der Waals surface area contributed by atoms with Gasteiger partial charge >= 0.3 is 0 Å². The zero-order valence-corrected chi connectivity index (χ0v) is 18.1. The molecule has 1 saturated carbocycles. The van der Waals surface area contributed by atoms with Gasteiger partial charge in [0.25, 0.3) is 5.91 Å². The fourth-order valence-corrected chi connectivity index (χ4v) is 5.64. The van der Waals surface area contributed by atoms with Gasteiger partial charge in [0.1, 0.15) is 11.2 Å². The van der Waals surface area contributed by atoms with E-state index in [1.54, 1.807) is 11.3 Å². The predicted octanol–water partition coefficient (Wildman–Crippen LogP) is 4.22. The molecule has 1 fully saturated rings. The summed E-state index contributed by atoms with van der Waals surface area (Å²) in [6, 6.07) is 14.3. The van der Waals surface area contributed by atoms with Crippen LogP contribution in [0.25, 0.3) is 10.9 Å². The highest BCUT2D eigenvalue weighted by molar-refractivity contribution is 7.09. The molecular formula is C24H27N3O2S. The highest BCUT2D eigenvalue weighted by atomic mass is 32.1. The summed E-state index contributed by atoms with van der Waals surface area (Å²) in [6.45, 7) is 2.95. The number of nitrogens with one attached hydrogen (secondary N) is 1. The minimum atomic E-state index is -0.911. The number of aromatic nitrogens is 1. The molecule has 1 aliphatic carbocycles. The van der Waals surface area contributed by atoms with Crippen LogP contribution in [0.1, 0.15) is 48.0 Å². The maximum Gasteiger partial charge on any atom is 0.271 e. The summed E-state index contributed by atoms with van der Waals surface area (Å²) < 4.78 is 2.04. The van der Waals surface area contributed by atoms with Crippen molar-refractivity contribution in [1.82, 2.24) is 14.8 Å². The van der Waals surface area contributed by atoms with E-state index in [4.69, 9.17) is 0 Å². The molecular weight excluding hydrogens is 394 g/mol. The van der Waals surface area contributed by atoms with Gasteiger partial charge in [-0.05, 0) is 49.8 Å². The molecule has 3 aromatic rings. The third kappa shape index (κ3) is 3.23. The number of thiophene rings is 1. The van der Waals surface area contributed by atoms with E-state index in [1.165, 1.54) is 4.88 Å². The molecule has 2 amide bonds. The molecule has 1 N–H and O–H groups in total. The fourth-order valence-electron chi connectivity index (χ4n) is 4.94. The highest BCUT2D eigenvalue weighted by Crippen LogP contribution is 2.33. The van der Waals surface area contributed by atoms with Gasteiger partial charge < -0.3 is 14.8 Å². The average Bonchev–Trinajstić information content (AvgIpc) is 3.49. The lowest BCUT2D eigenvalue weighted by molar-refractivity contribution is -0.133. The Kier molecular flexibility index (Phi) is 4.89. The molecule has 3 heterocycles. The first-order chi connectivity index (χ1) is 14.6. The standard InChI is InChI=1S/C24H27N3O2S/c1-24(23(29)25-18-8-3-4-9-18)16-26-20-11-5-2-7-17(20)15-21(26)22(28)27(24)13-12-19-10-6-14-30-19/h2,5-7,10-11,14-15,18H,3-4,8-9,12-13,16H2,1H3,(H,25,29)/t24-/m0/s1. The van der Waals surface area contributed by atoms with Crippen LogP contribution in [0, 0.1) is 0 Å². The van der Waals surface area contributed by atoms with Crippen molar-refractivity contribution >= 4 is 34.1 Å². The van der Waals surface area contributed by atoms with Crippen molar-refractivity contribution in [3.05, 3.63) is 58.4 Å². The SMILES string of the molecule is C[C@@]1(C(=O)NC2CCCC2)Cn2c(cc3ccccc32)C(=O)N1CCc1cccs1. The van der Waals surface area contributed by atoms with Crippen LogP contribution in [-0.2, 0) is 17.8 Å². The number of amides is 2. The molecule has 0 spiro atoms. The molecule has 0 saturated heterocycles. The number of hydrogen-bond acceptors (Lipinski definition) is 3. The summed E-state index contributed by atoms with van der Waals surface area (Å²) >= 11 is 1.69. The van der Waals surface area contributed by atoms with Crippen molar-refractivity contribution in [2.75, 3.05) is 6.54 Å². The van der Waals surface area contributed by atoms with Crippen molar-refractivity contribution < 1.29 is 9.59 Å². The van der Waals surface area contributed by atoms with Gasteiger partial charge in [0.05, 0.1) is 6.54 Å². The second-order valence-corrected chi connectivity index (χ2v) is 9.72. The Morgan fingerprint density at radius 2 is 2.00 bits per heavy atom. The molecule has 1 aliphatic heterocycles. The summed E-state index contributed by atoms with van der Waals surface area (Å²) in [7, 11) is 0. The van der Waals surface area contributed by atoms with Crippen LogP contribution >= 0.6 is 11.3 Å². The Morgan fingerprint density at radius 3 is 2.77 bits per heavy atom. The predicted molar refractivity (Wildman–Crippen MR) is 120 cm³/mol. The third-order valence-corrected chi connectivity index (χ3v) is 7.61. The van der Waals surface area contributed by atoms with Crippen LogP contribution in [0.5, 0.6) is 0 Å². The van der Waals surface area contributed by atoms with E-state index in [0.717, 1.165) is 43.0 Å². The molecule has 0 radical (unpaired) electrons. The topological polar surface area (TPSA) is 54.3 Å². The van der Waals surface area contributed by atoms with E-state index >= 15 is 0 Å². The van der Waals surface area contributed by atoms with Gasteiger partial charge in [0, 0.05) is 28.4 Å². The summed E-state index contributed by atoms with van der Waals surface area (Å²) in [5.41, 5.74) is 0.776. The molecule has 1 atom stereocenters. The number of benzene rings is 1. The molecule has 1 aromatic carbocycles. The number of carbonyl (C=O) groups excluding carboxylic acids is 2. The number of fused-ring (bicyclic) bond motifs is 3. The Bertz CT molecular complexity index is 1080. The molecule has 0 unspecified atom stereocenters. The van der Waals surface area contributed by atoms with E-state index in [9.17, 15) is 9.59 Å². The Hall–Kier alpha value is -2.60. The van der Waals surface area contributed by atoms with Crippen LogP contribution in [0.3, 0.4) is 0 Å². The highest BCUT2D eigenvalue weighted by Gasteiger charge is 2.48. The normalized spacial score (nSPS) is 21.9. The van der Waals surface area contributed by atoms with Gasteiger partial charge in [-0.25, -0.2) is 0 Å². The Morgan fingerprint density at radius 1 is 1.20 bits per heavy atom. The van der Waals surface area contributed by atoms with Crippen LogP contribution in [-0.4, -0.2) is 39.4 Å². The maximum absolute atomic E-state index is 13.6. The molecule has 30 heavy (non-hydrogen) atoms. The quantitative estimate of drug-likeness (QED) is 0.671. The van der Waals surface area contributed by atoms with Crippen LogP contribution < -0.4 is 5.32 Å². The molecule has 5 rings (SSSR count). The number of rotatable bonds is 5. The van der Waals surface area contributed by atoms with Crippen molar-refractivity contribution in [2.45, 2.75) is 57.2 Å². The average molecular weight is 422 g/mol. The molecule has 156 valence electrons. The largest absolute Gasteiger partial charge is 0.351 e. The first-order valence-corrected chi connectivity index (χ1v) is 11.7. The zero-order valence-electron chi connectivity index (χ0n) is 17.3. The van der Waals surface area contributed by atoms with Crippen molar-refractivity contribution in [1.29, 1.82) is 0 Å². The lowest BCUT2D eigenvalue weighted by atomic mass is 9.93. The van der Waals surface area contributed by atoms with E-state index in [0.29, 0.717) is 18.8 Å². The number of para-hydroxylation sites is 1. The number of nitrogens with zero attached hydrogens (tertiary/aromatic N) is 2. The lowest BCUT2D eigenvalue weighted by Gasteiger charge is -2.44. The van der Waals surface area contributed by atoms with Gasteiger partial charge in [-0.1, -0.05) is 37.1 Å². The summed E-state index contributed by atoms with van der Waals surface area (Å²) in [6.07, 6.45) is 5.14. The van der Waals surface area contributed by atoms with E-state index < -0.39 is 5.54 Å². The summed E-state index contributed by atoms with van der Waals surface area (Å²) in [4.78, 5) is 30.2. The number of hydrogen-bond donors (Lipinski definition) is 1. The van der Waals surface area contributed by atoms with Crippen LogP contribution in [0.4, 0.5) is 0 Å². The Balaban J connectivity index is 1.52. The summed E-state index contributed by atoms with van der Waals surface area (Å²) in [5, 5.41) is 6.35. The van der Waals surface area contributed by atoms with E-state index in [-0.39, 0.29) is 17.9 Å². The second kappa shape index (κ2) is 7.58. The van der Waals surface area contributed by atoms with Gasteiger partial charge in [-0.3, -0.25) is 9.59 Å². The van der Waals surface area contributed by atoms with Crippen LogP contribution in [0.15, 0.2) is 47.8 Å². The van der Waals surface area contributed by atoms with E-state index in [1.807, 2.05) is 52.8 Å². The van der Waals surface area contributed by atoms with Gasteiger partial charge in [-0.2, -0.15) is 0 Å². The first kappa shape index (κ1) is 19.4. The molecule has 2 aliphatic rings. The smallest absolute Gasteiger partial charge is 0.271 e. The van der Waals surface area contributed by atoms with Crippen molar-refractivity contribution in [3.63, 3.8) is 0 Å². The van der Waals surface area contributed by atoms with Gasteiger partial charge in [-0.15, -0.1) is 11.3 Å². The maximum atomic E-state index is 13.6. The third-order valence-electron chi connectivity index (χ3n) is 6.68. The monoisotopic (exact) mass is 421 g/mol. The lowest BCUT2D eigenvalue weighted by Crippen LogP contribution is -2.65. The molecule has 5 nitrogen and oxygen atoms in total. The summed E-state index contributed by atoms with van der Waals surface area (Å²) in [5.74, 6) is -0.0876. The van der Waals surface area contributed by atoms with Crippen molar-refractivity contribution in [2.24, 2.45) is 0 Å². The molecule has 6 heteroatoms. The molecule has 0 bridgehead atoms. The van der Waals surface area contributed by atoms with Crippen LogP contribution in [0.2, 0.25) is 0 Å². The van der Waals surface area contributed by atoms with E-state index in [2.05, 4.69) is 16.8 Å². The molecule has 2 aromatic heterocycles. The van der Waals surface area contributed by atoms with Gasteiger partial charge in [0.15, 0.2) is 0 Å². The minimum Gasteiger partial charge on any atom is -0.351 e. The zero-order chi connectivity index (χ0) is 20.7. The first-order valence-electron chi connectivity index (χ1n) is 10.8.